The molecule has 1 aliphatic rings. The van der Waals surface area contributed by atoms with E-state index in [1.54, 1.807) is 17.0 Å². The number of carbonyl (C=O) groups is 1. The van der Waals surface area contributed by atoms with Crippen molar-refractivity contribution in [2.75, 3.05) is 30.4 Å². The zero-order valence-electron chi connectivity index (χ0n) is 16.2. The van der Waals surface area contributed by atoms with Gasteiger partial charge >= 0.3 is 0 Å². The van der Waals surface area contributed by atoms with E-state index in [4.69, 9.17) is 0 Å². The molecule has 3 rings (SSSR count). The van der Waals surface area contributed by atoms with Gasteiger partial charge in [0.15, 0.2) is 0 Å². The number of anilines is 2. The number of hydrogen-bond acceptors (Lipinski definition) is 7. The molecule has 0 unspecified atom stereocenters. The summed E-state index contributed by atoms with van der Waals surface area (Å²) in [7, 11) is -2.56. The zero-order valence-corrected chi connectivity index (χ0v) is 17.1. The van der Waals surface area contributed by atoms with Crippen LogP contribution in [0.4, 0.5) is 17.1 Å². The average molecular weight is 434 g/mol. The maximum atomic E-state index is 12.5. The SMILES string of the molecule is CNS(=O)(=O)c1ccc(N2CCC(C(=O)Nc3ccc(O)cc3)CC2)c([N+](=O)[O-])c1. The topological polar surface area (TPSA) is 142 Å². The van der Waals surface area contributed by atoms with Gasteiger partial charge in [0.1, 0.15) is 11.4 Å². The van der Waals surface area contributed by atoms with Gasteiger partial charge in [-0.2, -0.15) is 0 Å². The van der Waals surface area contributed by atoms with Crippen molar-refractivity contribution in [3.63, 3.8) is 0 Å². The van der Waals surface area contributed by atoms with Crippen LogP contribution in [0.1, 0.15) is 12.8 Å². The average Bonchev–Trinajstić information content (AvgIpc) is 2.75. The Morgan fingerprint density at radius 2 is 1.80 bits per heavy atom. The van der Waals surface area contributed by atoms with Crippen molar-refractivity contribution in [1.29, 1.82) is 0 Å². The van der Waals surface area contributed by atoms with Crippen LogP contribution in [0, 0.1) is 16.0 Å². The minimum absolute atomic E-state index is 0.108. The summed E-state index contributed by atoms with van der Waals surface area (Å²) >= 11 is 0. The fourth-order valence-corrected chi connectivity index (χ4v) is 4.12. The van der Waals surface area contributed by atoms with Gasteiger partial charge in [-0.3, -0.25) is 14.9 Å². The van der Waals surface area contributed by atoms with E-state index in [9.17, 15) is 28.4 Å². The predicted octanol–water partition coefficient (Wildman–Crippen LogP) is 2.06. The van der Waals surface area contributed by atoms with E-state index in [1.807, 2.05) is 0 Å². The largest absolute Gasteiger partial charge is 0.508 e. The number of phenolic OH excluding ortho intramolecular Hbond substituents is 1. The first kappa shape index (κ1) is 21.5. The number of rotatable bonds is 6. The standard InChI is InChI=1S/C19H22N4O6S/c1-20-30(28,29)16-6-7-17(18(12-16)23(26)27)22-10-8-13(9-11-22)19(25)21-14-2-4-15(24)5-3-14/h2-7,12-13,20,24H,8-11H2,1H3,(H,21,25). The lowest BCUT2D eigenvalue weighted by molar-refractivity contribution is -0.384. The molecule has 1 heterocycles. The van der Waals surface area contributed by atoms with E-state index < -0.39 is 14.9 Å². The van der Waals surface area contributed by atoms with E-state index in [0.717, 1.165) is 6.07 Å². The molecule has 1 amide bonds. The van der Waals surface area contributed by atoms with E-state index in [0.29, 0.717) is 37.3 Å². The molecule has 2 aromatic rings. The van der Waals surface area contributed by atoms with Gasteiger partial charge in [0.2, 0.25) is 15.9 Å². The van der Waals surface area contributed by atoms with Gasteiger partial charge in [-0.1, -0.05) is 0 Å². The fourth-order valence-electron chi connectivity index (χ4n) is 3.37. The zero-order chi connectivity index (χ0) is 21.9. The van der Waals surface area contributed by atoms with Gasteiger partial charge in [0.05, 0.1) is 9.82 Å². The highest BCUT2D eigenvalue weighted by molar-refractivity contribution is 7.89. The van der Waals surface area contributed by atoms with Gasteiger partial charge in [-0.15, -0.1) is 0 Å². The van der Waals surface area contributed by atoms with E-state index in [1.165, 1.54) is 31.3 Å². The van der Waals surface area contributed by atoms with Crippen molar-refractivity contribution in [3.8, 4) is 5.75 Å². The quantitative estimate of drug-likeness (QED) is 0.359. The second kappa shape index (κ2) is 8.67. The molecule has 0 aliphatic carbocycles. The Hall–Kier alpha value is -3.18. The van der Waals surface area contributed by atoms with Crippen LogP contribution in [-0.4, -0.2) is 44.5 Å². The van der Waals surface area contributed by atoms with Crippen LogP contribution in [0.3, 0.4) is 0 Å². The molecule has 3 N–H and O–H groups in total. The molecule has 2 aromatic carbocycles. The summed E-state index contributed by atoms with van der Waals surface area (Å²) < 4.78 is 26.0. The van der Waals surface area contributed by atoms with Crippen LogP contribution in [0.2, 0.25) is 0 Å². The van der Waals surface area contributed by atoms with Crippen molar-refractivity contribution in [1.82, 2.24) is 4.72 Å². The number of aromatic hydroxyl groups is 1. The number of carbonyl (C=O) groups excluding carboxylic acids is 1. The van der Waals surface area contributed by atoms with Crippen LogP contribution in [-0.2, 0) is 14.8 Å². The molecule has 0 atom stereocenters. The summed E-state index contributed by atoms with van der Waals surface area (Å²) in [5.41, 5.74) is 0.614. The first-order valence-electron chi connectivity index (χ1n) is 9.28. The number of piperidine rings is 1. The third kappa shape index (κ3) is 4.69. The summed E-state index contributed by atoms with van der Waals surface area (Å²) in [6.45, 7) is 0.846. The van der Waals surface area contributed by atoms with Crippen LogP contribution in [0.15, 0.2) is 47.4 Å². The van der Waals surface area contributed by atoms with Crippen molar-refractivity contribution in [2.24, 2.45) is 5.92 Å². The Balaban J connectivity index is 1.70. The number of phenols is 1. The number of nitro groups is 1. The number of nitrogens with one attached hydrogen (secondary N) is 2. The molecular formula is C19H22N4O6S. The number of nitro benzene ring substituents is 1. The second-order valence-corrected chi connectivity index (χ2v) is 8.80. The van der Waals surface area contributed by atoms with E-state index in [2.05, 4.69) is 10.0 Å². The van der Waals surface area contributed by atoms with Gasteiger partial charge in [0.25, 0.3) is 5.69 Å². The molecule has 1 aliphatic heterocycles. The van der Waals surface area contributed by atoms with Crippen molar-refractivity contribution >= 4 is 33.0 Å². The molecule has 0 spiro atoms. The van der Waals surface area contributed by atoms with Crippen molar-refractivity contribution in [3.05, 3.63) is 52.6 Å². The smallest absolute Gasteiger partial charge is 0.293 e. The highest BCUT2D eigenvalue weighted by Gasteiger charge is 2.29. The maximum absolute atomic E-state index is 12.5. The maximum Gasteiger partial charge on any atom is 0.293 e. The first-order valence-corrected chi connectivity index (χ1v) is 10.8. The second-order valence-electron chi connectivity index (χ2n) is 6.91. The predicted molar refractivity (Wildman–Crippen MR) is 111 cm³/mol. The summed E-state index contributed by atoms with van der Waals surface area (Å²) in [5, 5.41) is 23.6. The highest BCUT2D eigenvalue weighted by atomic mass is 32.2. The monoisotopic (exact) mass is 434 g/mol. The molecule has 160 valence electrons. The Morgan fingerprint density at radius 3 is 2.37 bits per heavy atom. The normalized spacial score (nSPS) is 15.0. The van der Waals surface area contributed by atoms with Crippen LogP contribution in [0.25, 0.3) is 0 Å². The molecule has 11 heteroatoms. The molecule has 10 nitrogen and oxygen atoms in total. The molecule has 0 aromatic heterocycles. The van der Waals surface area contributed by atoms with Crippen molar-refractivity contribution in [2.45, 2.75) is 17.7 Å². The molecule has 0 radical (unpaired) electrons. The minimum atomic E-state index is -3.80. The number of nitrogens with zero attached hydrogens (tertiary/aromatic N) is 2. The third-order valence-electron chi connectivity index (χ3n) is 5.06. The van der Waals surface area contributed by atoms with Crippen molar-refractivity contribution < 1.29 is 23.2 Å². The van der Waals surface area contributed by atoms with Crippen LogP contribution in [0.5, 0.6) is 5.75 Å². The third-order valence-corrected chi connectivity index (χ3v) is 6.48. The number of sulfonamides is 1. The Morgan fingerprint density at radius 1 is 1.17 bits per heavy atom. The molecule has 0 bridgehead atoms. The van der Waals surface area contributed by atoms with Gasteiger partial charge in [-0.25, -0.2) is 13.1 Å². The van der Waals surface area contributed by atoms with Crippen LogP contribution >= 0.6 is 0 Å². The summed E-state index contributed by atoms with van der Waals surface area (Å²) in [4.78, 5) is 25.0. The Kier molecular flexibility index (Phi) is 6.22. The molecular weight excluding hydrogens is 412 g/mol. The number of amides is 1. The molecule has 30 heavy (non-hydrogen) atoms. The fraction of sp³-hybridized carbons (Fsp3) is 0.316. The molecule has 1 fully saturated rings. The van der Waals surface area contributed by atoms with Gasteiger partial charge < -0.3 is 15.3 Å². The molecule has 0 saturated carbocycles. The first-order chi connectivity index (χ1) is 14.2. The minimum Gasteiger partial charge on any atom is -0.508 e. The Labute approximate surface area is 173 Å². The summed E-state index contributed by atoms with van der Waals surface area (Å²) in [5.74, 6) is -0.292. The Bertz CT molecular complexity index is 1050. The lowest BCUT2D eigenvalue weighted by atomic mass is 9.95. The lowest BCUT2D eigenvalue weighted by Gasteiger charge is -2.32. The number of benzene rings is 2. The lowest BCUT2D eigenvalue weighted by Crippen LogP contribution is -2.38. The highest BCUT2D eigenvalue weighted by Crippen LogP contribution is 2.33. The van der Waals surface area contributed by atoms with E-state index >= 15 is 0 Å². The number of hydrogen-bond donors (Lipinski definition) is 3. The van der Waals surface area contributed by atoms with Gasteiger partial charge in [-0.05, 0) is 56.3 Å². The van der Waals surface area contributed by atoms with Gasteiger partial charge in [0, 0.05) is 30.8 Å². The molecule has 1 saturated heterocycles. The summed E-state index contributed by atoms with van der Waals surface area (Å²) in [6.07, 6.45) is 0.995. The summed E-state index contributed by atoms with van der Waals surface area (Å²) in [6, 6.07) is 9.98. The van der Waals surface area contributed by atoms with Crippen LogP contribution < -0.4 is 14.9 Å². The van der Waals surface area contributed by atoms with E-state index in [-0.39, 0.29) is 28.2 Å².